The second-order valence-corrected chi connectivity index (χ2v) is 8.34. The Balaban J connectivity index is 1.37. The zero-order valence-electron chi connectivity index (χ0n) is 13.9. The number of para-hydroxylation sites is 1. The van der Waals surface area contributed by atoms with E-state index in [9.17, 15) is 9.59 Å². The Hall–Kier alpha value is -2.49. The number of aromatic nitrogens is 1. The van der Waals surface area contributed by atoms with Crippen molar-refractivity contribution in [1.29, 1.82) is 0 Å². The minimum atomic E-state index is -0.214. The summed E-state index contributed by atoms with van der Waals surface area (Å²) in [5.74, 6) is 0.163. The number of furan rings is 1. The summed E-state index contributed by atoms with van der Waals surface area (Å²) < 4.78 is 6.67. The van der Waals surface area contributed by atoms with Crippen molar-refractivity contribution in [3.05, 3.63) is 53.3 Å². The van der Waals surface area contributed by atoms with Crippen molar-refractivity contribution in [2.75, 3.05) is 11.9 Å². The monoisotopic (exact) mass is 415 g/mol. The number of carbonyl (C=O) groups is 2. The summed E-state index contributed by atoms with van der Waals surface area (Å²) in [4.78, 5) is 31.0. The van der Waals surface area contributed by atoms with E-state index in [1.54, 1.807) is 24.5 Å². The molecule has 0 saturated carbocycles. The Morgan fingerprint density at radius 2 is 2.15 bits per heavy atom. The number of fused-ring (bicyclic) bond motifs is 1. The molecule has 1 aromatic carbocycles. The molecule has 1 saturated heterocycles. The summed E-state index contributed by atoms with van der Waals surface area (Å²) in [5.41, 5.74) is 0.845. The first-order valence-electron chi connectivity index (χ1n) is 8.04. The van der Waals surface area contributed by atoms with E-state index >= 15 is 0 Å². The maximum atomic E-state index is 12.5. The van der Waals surface area contributed by atoms with Gasteiger partial charge >= 0.3 is 0 Å². The summed E-state index contributed by atoms with van der Waals surface area (Å²) in [6.45, 7) is 0.219. The SMILES string of the molecule is O=C(CCN1C(=O)C(=Cc2ccco2)SC1=S)Nc1nc2ccccc2s1. The first kappa shape index (κ1) is 17.9. The second kappa shape index (κ2) is 7.63. The van der Waals surface area contributed by atoms with Gasteiger partial charge in [-0.25, -0.2) is 4.98 Å². The quantitative estimate of drug-likeness (QED) is 0.499. The van der Waals surface area contributed by atoms with E-state index in [1.165, 1.54) is 28.0 Å². The maximum absolute atomic E-state index is 12.5. The Kier molecular flexibility index (Phi) is 5.06. The van der Waals surface area contributed by atoms with Crippen molar-refractivity contribution < 1.29 is 14.0 Å². The molecule has 0 atom stereocenters. The molecule has 3 heterocycles. The Labute approximate surface area is 168 Å². The lowest BCUT2D eigenvalue weighted by Gasteiger charge is -2.13. The molecule has 0 radical (unpaired) electrons. The molecule has 2 aromatic heterocycles. The van der Waals surface area contributed by atoms with Gasteiger partial charge in [0.25, 0.3) is 5.91 Å². The van der Waals surface area contributed by atoms with Crippen LogP contribution in [-0.2, 0) is 9.59 Å². The highest BCUT2D eigenvalue weighted by atomic mass is 32.2. The molecular weight excluding hydrogens is 402 g/mol. The van der Waals surface area contributed by atoms with Gasteiger partial charge in [-0.2, -0.15) is 0 Å². The summed E-state index contributed by atoms with van der Waals surface area (Å²) in [6, 6.07) is 11.2. The molecule has 1 aliphatic rings. The smallest absolute Gasteiger partial charge is 0.266 e. The number of nitrogens with zero attached hydrogens (tertiary/aromatic N) is 2. The van der Waals surface area contributed by atoms with Crippen LogP contribution in [-0.4, -0.2) is 32.6 Å². The number of amides is 2. The van der Waals surface area contributed by atoms with Gasteiger partial charge in [0.15, 0.2) is 5.13 Å². The standard InChI is InChI=1S/C18H13N3O3S3/c22-15(20-17-19-12-5-1-2-6-13(12)26-17)7-8-21-16(23)14(27-18(21)25)10-11-4-3-9-24-11/h1-6,9-10H,7-8H2,(H,19,20,22). The number of nitrogens with one attached hydrogen (secondary N) is 1. The summed E-state index contributed by atoms with van der Waals surface area (Å²) in [7, 11) is 0. The van der Waals surface area contributed by atoms with E-state index < -0.39 is 0 Å². The molecule has 0 bridgehead atoms. The zero-order chi connectivity index (χ0) is 18.8. The molecule has 9 heteroatoms. The van der Waals surface area contributed by atoms with Gasteiger partial charge in [0.1, 0.15) is 10.1 Å². The van der Waals surface area contributed by atoms with E-state index in [-0.39, 0.29) is 24.8 Å². The number of hydrogen-bond acceptors (Lipinski definition) is 7. The van der Waals surface area contributed by atoms with Crippen LogP contribution in [0.3, 0.4) is 0 Å². The van der Waals surface area contributed by atoms with Gasteiger partial charge < -0.3 is 9.73 Å². The third kappa shape index (κ3) is 3.95. The lowest BCUT2D eigenvalue weighted by Crippen LogP contribution is -2.31. The molecule has 1 fully saturated rings. The lowest BCUT2D eigenvalue weighted by atomic mass is 10.3. The minimum Gasteiger partial charge on any atom is -0.465 e. The average molecular weight is 416 g/mol. The Bertz CT molecular complexity index is 1020. The van der Waals surface area contributed by atoms with Crippen LogP contribution in [0.25, 0.3) is 16.3 Å². The molecule has 2 amide bonds. The topological polar surface area (TPSA) is 75.4 Å². The van der Waals surface area contributed by atoms with Gasteiger partial charge in [0, 0.05) is 19.0 Å². The van der Waals surface area contributed by atoms with Crippen molar-refractivity contribution in [1.82, 2.24) is 9.88 Å². The minimum absolute atomic E-state index is 0.135. The van der Waals surface area contributed by atoms with Gasteiger partial charge in [-0.05, 0) is 24.3 Å². The zero-order valence-corrected chi connectivity index (χ0v) is 16.3. The number of thioether (sulfide) groups is 1. The van der Waals surface area contributed by atoms with E-state index in [1.807, 2.05) is 24.3 Å². The highest BCUT2D eigenvalue weighted by Gasteiger charge is 2.32. The number of thiazole rings is 1. The van der Waals surface area contributed by atoms with Crippen LogP contribution in [0.15, 0.2) is 52.0 Å². The van der Waals surface area contributed by atoms with Crippen molar-refractivity contribution in [2.45, 2.75) is 6.42 Å². The number of benzene rings is 1. The van der Waals surface area contributed by atoms with E-state index in [2.05, 4.69) is 10.3 Å². The van der Waals surface area contributed by atoms with Crippen molar-refractivity contribution in [2.24, 2.45) is 0 Å². The lowest BCUT2D eigenvalue weighted by molar-refractivity contribution is -0.122. The van der Waals surface area contributed by atoms with E-state index in [0.29, 0.717) is 20.1 Å². The van der Waals surface area contributed by atoms with E-state index in [0.717, 1.165) is 10.2 Å². The molecule has 1 N–H and O–H groups in total. The van der Waals surface area contributed by atoms with Crippen molar-refractivity contribution in [3.63, 3.8) is 0 Å². The van der Waals surface area contributed by atoms with E-state index in [4.69, 9.17) is 16.6 Å². The summed E-state index contributed by atoms with van der Waals surface area (Å²) in [6.07, 6.45) is 3.33. The molecule has 27 heavy (non-hydrogen) atoms. The molecule has 0 unspecified atom stereocenters. The summed E-state index contributed by atoms with van der Waals surface area (Å²) >= 11 is 7.89. The van der Waals surface area contributed by atoms with Gasteiger partial charge in [-0.15, -0.1) is 0 Å². The van der Waals surface area contributed by atoms with Crippen LogP contribution < -0.4 is 5.32 Å². The number of carbonyl (C=O) groups excluding carboxylic acids is 2. The molecule has 0 spiro atoms. The number of thiocarbonyl (C=S) groups is 1. The third-order valence-corrected chi connectivity index (χ3v) is 6.12. The van der Waals surface area contributed by atoms with Crippen LogP contribution >= 0.6 is 35.3 Å². The van der Waals surface area contributed by atoms with Gasteiger partial charge in [0.2, 0.25) is 5.91 Å². The Morgan fingerprint density at radius 1 is 1.30 bits per heavy atom. The predicted molar refractivity (Wildman–Crippen MR) is 111 cm³/mol. The summed E-state index contributed by atoms with van der Waals surface area (Å²) in [5, 5.41) is 3.33. The van der Waals surface area contributed by atoms with Crippen molar-refractivity contribution >= 4 is 72.9 Å². The average Bonchev–Trinajstić information content (AvgIpc) is 3.34. The first-order chi connectivity index (χ1) is 13.1. The predicted octanol–water partition coefficient (Wildman–Crippen LogP) is 4.12. The van der Waals surface area contributed by atoms with Crippen LogP contribution in [0, 0.1) is 0 Å². The van der Waals surface area contributed by atoms with Crippen LogP contribution in [0.5, 0.6) is 0 Å². The number of hydrogen-bond donors (Lipinski definition) is 1. The van der Waals surface area contributed by atoms with Crippen LogP contribution in [0.1, 0.15) is 12.2 Å². The third-order valence-electron chi connectivity index (χ3n) is 3.79. The number of anilines is 1. The highest BCUT2D eigenvalue weighted by molar-refractivity contribution is 8.26. The van der Waals surface area contributed by atoms with Crippen LogP contribution in [0.4, 0.5) is 5.13 Å². The van der Waals surface area contributed by atoms with Gasteiger partial charge in [-0.1, -0.05) is 47.4 Å². The Morgan fingerprint density at radius 3 is 2.93 bits per heavy atom. The fourth-order valence-electron chi connectivity index (χ4n) is 2.52. The largest absolute Gasteiger partial charge is 0.465 e. The van der Waals surface area contributed by atoms with Gasteiger partial charge in [-0.3, -0.25) is 14.5 Å². The maximum Gasteiger partial charge on any atom is 0.266 e. The molecule has 4 rings (SSSR count). The highest BCUT2D eigenvalue weighted by Crippen LogP contribution is 2.32. The van der Waals surface area contributed by atoms with Crippen molar-refractivity contribution in [3.8, 4) is 0 Å². The van der Waals surface area contributed by atoms with Crippen LogP contribution in [0.2, 0.25) is 0 Å². The molecule has 3 aromatic rings. The first-order valence-corrected chi connectivity index (χ1v) is 10.1. The second-order valence-electron chi connectivity index (χ2n) is 5.63. The fraction of sp³-hybridized carbons (Fsp3) is 0.111. The number of rotatable bonds is 5. The molecule has 1 aliphatic heterocycles. The molecule has 0 aliphatic carbocycles. The molecular formula is C18H13N3O3S3. The molecule has 6 nitrogen and oxygen atoms in total. The fourth-order valence-corrected chi connectivity index (χ4v) is 4.69. The normalized spacial score (nSPS) is 15.9. The van der Waals surface area contributed by atoms with Gasteiger partial charge in [0.05, 0.1) is 21.4 Å². The molecule has 136 valence electrons.